The van der Waals surface area contributed by atoms with Crippen LogP contribution in [0.1, 0.15) is 36.1 Å². The highest BCUT2D eigenvalue weighted by Gasteiger charge is 2.03. The number of hydrogen-bond acceptors (Lipinski definition) is 2. The third-order valence-corrected chi connectivity index (χ3v) is 3.78. The molecule has 0 saturated carbocycles. The maximum Gasteiger partial charge on any atom is 0.0642 e. The molecule has 0 aliphatic heterocycles. The number of nitrogens with zero attached hydrogens (tertiary/aromatic N) is 1. The van der Waals surface area contributed by atoms with Gasteiger partial charge in [-0.3, -0.25) is 4.99 Å². The average molecular weight is 306 g/mol. The summed E-state index contributed by atoms with van der Waals surface area (Å²) in [6.45, 7) is 11.3. The Kier molecular flexibility index (Phi) is 5.75. The van der Waals surface area contributed by atoms with E-state index in [2.05, 4.69) is 68.3 Å². The van der Waals surface area contributed by atoms with Gasteiger partial charge in [0, 0.05) is 17.1 Å². The molecule has 0 aromatic heterocycles. The van der Waals surface area contributed by atoms with Crippen molar-refractivity contribution in [2.75, 3.05) is 5.32 Å². The molecule has 2 aromatic rings. The Morgan fingerprint density at radius 2 is 1.61 bits per heavy atom. The summed E-state index contributed by atoms with van der Waals surface area (Å²) in [6.07, 6.45) is 2.10. The molecule has 2 aromatic carbocycles. The number of rotatable bonds is 5. The van der Waals surface area contributed by atoms with Crippen LogP contribution < -0.4 is 5.32 Å². The van der Waals surface area contributed by atoms with Crippen LogP contribution in [0.3, 0.4) is 0 Å². The van der Waals surface area contributed by atoms with Crippen LogP contribution in [0, 0.1) is 20.8 Å². The van der Waals surface area contributed by atoms with Gasteiger partial charge in [-0.25, -0.2) is 0 Å². The number of allylic oxidation sites excluding steroid dienone is 2. The number of aliphatic imine (C=N–C) groups is 1. The van der Waals surface area contributed by atoms with Crippen LogP contribution in [0.2, 0.25) is 0 Å². The monoisotopic (exact) mass is 306 g/mol. The molecule has 0 spiro atoms. The van der Waals surface area contributed by atoms with Gasteiger partial charge in [-0.2, -0.15) is 0 Å². The van der Waals surface area contributed by atoms with Crippen molar-refractivity contribution in [2.45, 2.75) is 41.2 Å². The molecule has 0 atom stereocenters. The lowest BCUT2D eigenvalue weighted by Crippen LogP contribution is -2.03. The quantitative estimate of drug-likeness (QED) is 0.716. The Balaban J connectivity index is 2.08. The number of hydrogen-bond donors (Lipinski definition) is 1. The number of nitrogens with one attached hydrogen (secondary N) is 1. The van der Waals surface area contributed by atoms with Gasteiger partial charge in [-0.15, -0.1) is 0 Å². The van der Waals surface area contributed by atoms with Crippen LogP contribution in [0.4, 0.5) is 5.69 Å². The molecular weight excluding hydrogens is 280 g/mol. The summed E-state index contributed by atoms with van der Waals surface area (Å²) in [6, 6.07) is 14.7. The topological polar surface area (TPSA) is 24.4 Å². The van der Waals surface area contributed by atoms with E-state index in [1.807, 2.05) is 25.1 Å². The van der Waals surface area contributed by atoms with E-state index in [0.29, 0.717) is 0 Å². The van der Waals surface area contributed by atoms with Crippen molar-refractivity contribution in [1.29, 1.82) is 0 Å². The molecule has 0 fully saturated rings. The molecule has 0 aliphatic rings. The molecule has 0 saturated heterocycles. The van der Waals surface area contributed by atoms with Gasteiger partial charge >= 0.3 is 0 Å². The summed E-state index contributed by atoms with van der Waals surface area (Å²) in [5.74, 6) is 0. The molecule has 1 N–H and O–H groups in total. The second kappa shape index (κ2) is 7.77. The second-order valence-corrected chi connectivity index (χ2v) is 6.17. The van der Waals surface area contributed by atoms with Gasteiger partial charge in [0.05, 0.1) is 6.54 Å². The molecule has 0 unspecified atom stereocenters. The summed E-state index contributed by atoms with van der Waals surface area (Å²) < 4.78 is 0. The lowest BCUT2D eigenvalue weighted by Gasteiger charge is -2.14. The van der Waals surface area contributed by atoms with Crippen molar-refractivity contribution in [3.05, 3.63) is 76.5 Å². The minimum atomic E-state index is 0.721. The van der Waals surface area contributed by atoms with Crippen molar-refractivity contribution in [2.24, 2.45) is 4.99 Å². The predicted octanol–water partition coefficient (Wildman–Crippen LogP) is 5.59. The van der Waals surface area contributed by atoms with Crippen LogP contribution in [0.25, 0.3) is 0 Å². The molecule has 2 nitrogen and oxygen atoms in total. The van der Waals surface area contributed by atoms with E-state index in [1.54, 1.807) is 0 Å². The summed E-state index contributed by atoms with van der Waals surface area (Å²) in [4.78, 5) is 4.64. The van der Waals surface area contributed by atoms with E-state index in [-0.39, 0.29) is 0 Å². The van der Waals surface area contributed by atoms with Crippen molar-refractivity contribution >= 4 is 11.4 Å². The van der Waals surface area contributed by atoms with Gasteiger partial charge < -0.3 is 5.32 Å². The third kappa shape index (κ3) is 5.10. The van der Waals surface area contributed by atoms with E-state index < -0.39 is 0 Å². The van der Waals surface area contributed by atoms with Crippen LogP contribution in [-0.4, -0.2) is 5.71 Å². The minimum absolute atomic E-state index is 0.721. The molecular formula is C21H26N2. The first-order valence-corrected chi connectivity index (χ1v) is 8.04. The Morgan fingerprint density at radius 1 is 1.00 bits per heavy atom. The van der Waals surface area contributed by atoms with Crippen LogP contribution >= 0.6 is 0 Å². The zero-order valence-electron chi connectivity index (χ0n) is 14.8. The summed E-state index contributed by atoms with van der Waals surface area (Å²) in [5, 5.41) is 3.52. The molecule has 0 radical (unpaired) electrons. The van der Waals surface area contributed by atoms with Gasteiger partial charge in [0.1, 0.15) is 0 Å². The average Bonchev–Trinajstić information content (AvgIpc) is 2.50. The molecule has 120 valence electrons. The van der Waals surface area contributed by atoms with Crippen LogP contribution in [0.15, 0.2) is 59.2 Å². The maximum absolute atomic E-state index is 4.64. The Hall–Kier alpha value is -2.35. The second-order valence-electron chi connectivity index (χ2n) is 6.17. The van der Waals surface area contributed by atoms with Crippen molar-refractivity contribution in [3.63, 3.8) is 0 Å². The smallest absolute Gasteiger partial charge is 0.0642 e. The number of anilines is 1. The van der Waals surface area contributed by atoms with Gasteiger partial charge in [-0.1, -0.05) is 48.0 Å². The van der Waals surface area contributed by atoms with Gasteiger partial charge in [0.2, 0.25) is 0 Å². The van der Waals surface area contributed by atoms with Gasteiger partial charge in [-0.05, 0) is 57.4 Å². The summed E-state index contributed by atoms with van der Waals surface area (Å²) >= 11 is 0. The molecule has 23 heavy (non-hydrogen) atoms. The Morgan fingerprint density at radius 3 is 2.22 bits per heavy atom. The van der Waals surface area contributed by atoms with Gasteiger partial charge in [0.25, 0.3) is 0 Å². The maximum atomic E-state index is 4.64. The van der Waals surface area contributed by atoms with Crippen LogP contribution in [0.5, 0.6) is 0 Å². The van der Waals surface area contributed by atoms with Crippen molar-refractivity contribution in [1.82, 2.24) is 0 Å². The fourth-order valence-electron chi connectivity index (χ4n) is 2.77. The van der Waals surface area contributed by atoms with E-state index >= 15 is 0 Å². The molecule has 2 heteroatoms. The third-order valence-electron chi connectivity index (χ3n) is 3.78. The largest absolute Gasteiger partial charge is 0.359 e. The lowest BCUT2D eigenvalue weighted by atomic mass is 10.0. The summed E-state index contributed by atoms with van der Waals surface area (Å²) in [5.41, 5.74) is 8.41. The molecule has 2 rings (SSSR count). The predicted molar refractivity (Wildman–Crippen MR) is 101 cm³/mol. The molecule has 0 bridgehead atoms. The first-order valence-electron chi connectivity index (χ1n) is 8.04. The minimum Gasteiger partial charge on any atom is -0.359 e. The fraction of sp³-hybridized carbons (Fsp3) is 0.286. The fourth-order valence-corrected chi connectivity index (χ4v) is 2.77. The lowest BCUT2D eigenvalue weighted by molar-refractivity contribution is 1.07. The van der Waals surface area contributed by atoms with E-state index in [4.69, 9.17) is 0 Å². The Bertz CT molecular complexity index is 702. The van der Waals surface area contributed by atoms with E-state index in [9.17, 15) is 0 Å². The van der Waals surface area contributed by atoms with Crippen LogP contribution in [-0.2, 0) is 6.54 Å². The number of benzene rings is 2. The zero-order chi connectivity index (χ0) is 16.8. The zero-order valence-corrected chi connectivity index (χ0v) is 14.8. The van der Waals surface area contributed by atoms with E-state index in [1.165, 1.54) is 27.9 Å². The highest BCUT2D eigenvalue weighted by molar-refractivity contribution is 5.93. The standard InChI is InChI=1S/C21H26N2/c1-15-11-16(2)21(17(3)12-15)23-19(5)13-18(4)22-14-20-9-7-6-8-10-20/h6-13,23H,14H2,1-5H3/b19-13-,22-18?. The van der Waals surface area contributed by atoms with Crippen molar-refractivity contribution < 1.29 is 0 Å². The summed E-state index contributed by atoms with van der Waals surface area (Å²) in [7, 11) is 0. The highest BCUT2D eigenvalue weighted by Crippen LogP contribution is 2.23. The normalized spacial score (nSPS) is 12.4. The van der Waals surface area contributed by atoms with Gasteiger partial charge in [0.15, 0.2) is 0 Å². The molecule has 0 heterocycles. The molecule has 0 amide bonds. The molecule has 0 aliphatic carbocycles. The first-order chi connectivity index (χ1) is 11.0. The Labute approximate surface area is 140 Å². The SMILES string of the molecule is CC(/C=C(/C)Nc1c(C)cc(C)cc1C)=NCc1ccccc1. The van der Waals surface area contributed by atoms with E-state index in [0.717, 1.165) is 18.0 Å². The highest BCUT2D eigenvalue weighted by atomic mass is 14.9. The first kappa shape index (κ1) is 17.0. The number of aryl methyl sites for hydroxylation is 3. The van der Waals surface area contributed by atoms with Crippen molar-refractivity contribution in [3.8, 4) is 0 Å².